The van der Waals surface area contributed by atoms with Gasteiger partial charge in [-0.25, -0.2) is 4.79 Å². The van der Waals surface area contributed by atoms with Crippen LogP contribution in [0, 0.1) is 18.3 Å². The zero-order valence-electron chi connectivity index (χ0n) is 8.57. The summed E-state index contributed by atoms with van der Waals surface area (Å²) in [5, 5.41) is 17.9. The molecule has 0 aliphatic rings. The van der Waals surface area contributed by atoms with Crippen LogP contribution in [0.2, 0.25) is 0 Å². The Morgan fingerprint density at radius 1 is 1.60 bits per heavy atom. The Hall–Kier alpha value is -1.86. The van der Waals surface area contributed by atoms with Gasteiger partial charge in [0.1, 0.15) is 0 Å². The number of aliphatic hydroxyl groups is 1. The predicted molar refractivity (Wildman–Crippen MR) is 53.2 cm³/mol. The molecule has 0 spiro atoms. The van der Waals surface area contributed by atoms with E-state index in [1.807, 2.05) is 6.07 Å². The number of carbonyl (C=O) groups excluding carboxylic acids is 1. The first-order valence-electron chi connectivity index (χ1n) is 4.37. The molecule has 1 aromatic carbocycles. The molecule has 1 aromatic rings. The Balaban J connectivity index is 3.37. The second kappa shape index (κ2) is 4.58. The van der Waals surface area contributed by atoms with Crippen LogP contribution >= 0.6 is 0 Å². The van der Waals surface area contributed by atoms with Gasteiger partial charge in [-0.2, -0.15) is 5.26 Å². The van der Waals surface area contributed by atoms with Crippen molar-refractivity contribution in [1.29, 1.82) is 5.26 Å². The molecule has 0 aliphatic carbocycles. The topological polar surface area (TPSA) is 70.3 Å². The lowest BCUT2D eigenvalue weighted by molar-refractivity contribution is 0.0599. The van der Waals surface area contributed by atoms with Crippen LogP contribution in [0.3, 0.4) is 0 Å². The van der Waals surface area contributed by atoms with Crippen molar-refractivity contribution >= 4 is 5.97 Å². The number of hydrogen-bond donors (Lipinski definition) is 1. The van der Waals surface area contributed by atoms with E-state index in [0.29, 0.717) is 22.3 Å². The Kier molecular flexibility index (Phi) is 3.42. The molecule has 0 aliphatic heterocycles. The SMILES string of the molecule is COC(=O)c1ccc(C#N)c(CO)c1C. The summed E-state index contributed by atoms with van der Waals surface area (Å²) in [5.41, 5.74) is 1.81. The van der Waals surface area contributed by atoms with E-state index < -0.39 is 5.97 Å². The second-order valence-electron chi connectivity index (χ2n) is 3.03. The Labute approximate surface area is 87.7 Å². The molecule has 0 bridgehead atoms. The lowest BCUT2D eigenvalue weighted by atomic mass is 9.98. The van der Waals surface area contributed by atoms with Crippen molar-refractivity contribution in [2.24, 2.45) is 0 Å². The van der Waals surface area contributed by atoms with Gasteiger partial charge in [0.05, 0.1) is 30.9 Å². The molecule has 1 rings (SSSR count). The number of esters is 1. The number of nitrogens with zero attached hydrogens (tertiary/aromatic N) is 1. The highest BCUT2D eigenvalue weighted by atomic mass is 16.5. The van der Waals surface area contributed by atoms with Crippen molar-refractivity contribution in [3.8, 4) is 6.07 Å². The lowest BCUT2D eigenvalue weighted by Crippen LogP contribution is -2.07. The molecular formula is C11H11NO3. The molecule has 0 fully saturated rings. The summed E-state index contributed by atoms with van der Waals surface area (Å²) in [6.45, 7) is 1.41. The Bertz CT molecular complexity index is 432. The van der Waals surface area contributed by atoms with Crippen molar-refractivity contribution in [2.75, 3.05) is 7.11 Å². The molecule has 15 heavy (non-hydrogen) atoms. The highest BCUT2D eigenvalue weighted by Gasteiger charge is 2.14. The van der Waals surface area contributed by atoms with E-state index >= 15 is 0 Å². The molecule has 0 radical (unpaired) electrons. The van der Waals surface area contributed by atoms with Crippen LogP contribution in [0.4, 0.5) is 0 Å². The van der Waals surface area contributed by atoms with E-state index in [1.54, 1.807) is 6.92 Å². The number of hydrogen-bond acceptors (Lipinski definition) is 4. The minimum Gasteiger partial charge on any atom is -0.465 e. The molecule has 0 unspecified atom stereocenters. The Morgan fingerprint density at radius 3 is 2.73 bits per heavy atom. The quantitative estimate of drug-likeness (QED) is 0.735. The van der Waals surface area contributed by atoms with Crippen molar-refractivity contribution in [2.45, 2.75) is 13.5 Å². The van der Waals surface area contributed by atoms with Crippen LogP contribution < -0.4 is 0 Å². The van der Waals surface area contributed by atoms with Gasteiger partial charge in [0.2, 0.25) is 0 Å². The van der Waals surface area contributed by atoms with Crippen LogP contribution in [0.5, 0.6) is 0 Å². The molecule has 0 atom stereocenters. The smallest absolute Gasteiger partial charge is 0.338 e. The van der Waals surface area contributed by atoms with Crippen LogP contribution in [0.1, 0.15) is 27.0 Å². The van der Waals surface area contributed by atoms with Crippen molar-refractivity contribution in [3.05, 3.63) is 34.4 Å². The van der Waals surface area contributed by atoms with E-state index in [0.717, 1.165) is 0 Å². The summed E-state index contributed by atoms with van der Waals surface area (Å²) in [4.78, 5) is 11.3. The largest absolute Gasteiger partial charge is 0.465 e. The normalized spacial score (nSPS) is 9.47. The molecule has 0 saturated carbocycles. The summed E-state index contributed by atoms with van der Waals surface area (Å²) >= 11 is 0. The van der Waals surface area contributed by atoms with E-state index in [1.165, 1.54) is 19.2 Å². The summed E-state index contributed by atoms with van der Waals surface area (Å²) in [7, 11) is 1.29. The molecule has 0 heterocycles. The molecule has 1 N–H and O–H groups in total. The average molecular weight is 205 g/mol. The Morgan fingerprint density at radius 2 is 2.27 bits per heavy atom. The fraction of sp³-hybridized carbons (Fsp3) is 0.273. The third kappa shape index (κ3) is 1.97. The molecule has 4 nitrogen and oxygen atoms in total. The lowest BCUT2D eigenvalue weighted by Gasteiger charge is -2.09. The number of benzene rings is 1. The first-order valence-corrected chi connectivity index (χ1v) is 4.37. The van der Waals surface area contributed by atoms with Gasteiger partial charge in [-0.1, -0.05) is 0 Å². The van der Waals surface area contributed by atoms with Gasteiger partial charge < -0.3 is 9.84 Å². The minimum atomic E-state index is -0.466. The molecule has 0 saturated heterocycles. The molecule has 78 valence electrons. The van der Waals surface area contributed by atoms with E-state index in [2.05, 4.69) is 4.74 Å². The standard InChI is InChI=1S/C11H11NO3/c1-7-9(11(14)15-2)4-3-8(5-12)10(7)6-13/h3-4,13H,6H2,1-2H3. The summed E-state index contributed by atoms with van der Waals surface area (Å²) in [5.74, 6) is -0.466. The third-order valence-corrected chi connectivity index (χ3v) is 2.28. The van der Waals surface area contributed by atoms with Crippen LogP contribution in [0.25, 0.3) is 0 Å². The first kappa shape index (κ1) is 11.2. The highest BCUT2D eigenvalue weighted by molar-refractivity contribution is 5.91. The molecular weight excluding hydrogens is 194 g/mol. The maximum absolute atomic E-state index is 11.3. The summed E-state index contributed by atoms with van der Waals surface area (Å²) < 4.78 is 4.59. The molecule has 4 heteroatoms. The number of rotatable bonds is 2. The fourth-order valence-corrected chi connectivity index (χ4v) is 1.40. The maximum Gasteiger partial charge on any atom is 0.338 e. The van der Waals surface area contributed by atoms with Gasteiger partial charge in [0.15, 0.2) is 0 Å². The van der Waals surface area contributed by atoms with Gasteiger partial charge in [-0.3, -0.25) is 0 Å². The number of methoxy groups -OCH3 is 1. The second-order valence-corrected chi connectivity index (χ2v) is 3.03. The van der Waals surface area contributed by atoms with Gasteiger partial charge in [-0.15, -0.1) is 0 Å². The monoisotopic (exact) mass is 205 g/mol. The van der Waals surface area contributed by atoms with Crippen LogP contribution in [0.15, 0.2) is 12.1 Å². The van der Waals surface area contributed by atoms with Crippen LogP contribution in [-0.4, -0.2) is 18.2 Å². The predicted octanol–water partition coefficient (Wildman–Crippen LogP) is 1.15. The third-order valence-electron chi connectivity index (χ3n) is 2.28. The summed E-state index contributed by atoms with van der Waals surface area (Å²) in [6.07, 6.45) is 0. The van der Waals surface area contributed by atoms with Gasteiger partial charge in [-0.05, 0) is 30.2 Å². The van der Waals surface area contributed by atoms with Crippen LogP contribution in [-0.2, 0) is 11.3 Å². The highest BCUT2D eigenvalue weighted by Crippen LogP contribution is 2.19. The molecule has 0 amide bonds. The summed E-state index contributed by atoms with van der Waals surface area (Å²) in [6, 6.07) is 4.99. The van der Waals surface area contributed by atoms with E-state index in [4.69, 9.17) is 10.4 Å². The fourth-order valence-electron chi connectivity index (χ4n) is 1.40. The van der Waals surface area contributed by atoms with Crippen molar-refractivity contribution in [1.82, 2.24) is 0 Å². The van der Waals surface area contributed by atoms with Gasteiger partial charge in [0, 0.05) is 0 Å². The number of nitriles is 1. The average Bonchev–Trinajstić information content (AvgIpc) is 2.27. The van der Waals surface area contributed by atoms with E-state index in [-0.39, 0.29) is 6.61 Å². The van der Waals surface area contributed by atoms with Crippen molar-refractivity contribution < 1.29 is 14.6 Å². The van der Waals surface area contributed by atoms with Crippen molar-refractivity contribution in [3.63, 3.8) is 0 Å². The van der Waals surface area contributed by atoms with Gasteiger partial charge in [0.25, 0.3) is 0 Å². The number of carbonyl (C=O) groups is 1. The number of aliphatic hydroxyl groups excluding tert-OH is 1. The molecule has 0 aromatic heterocycles. The number of ether oxygens (including phenoxy) is 1. The maximum atomic E-state index is 11.3. The minimum absolute atomic E-state index is 0.264. The zero-order valence-corrected chi connectivity index (χ0v) is 8.57. The van der Waals surface area contributed by atoms with E-state index in [9.17, 15) is 4.79 Å². The first-order chi connectivity index (χ1) is 7.15. The van der Waals surface area contributed by atoms with Gasteiger partial charge >= 0.3 is 5.97 Å². The zero-order chi connectivity index (χ0) is 11.4.